The van der Waals surface area contributed by atoms with Gasteiger partial charge in [0.1, 0.15) is 6.07 Å². The lowest BCUT2D eigenvalue weighted by Crippen LogP contribution is -2.16. The van der Waals surface area contributed by atoms with E-state index < -0.39 is 0 Å². The molecule has 0 aliphatic heterocycles. The van der Waals surface area contributed by atoms with Crippen LogP contribution in [0, 0.1) is 11.3 Å². The second kappa shape index (κ2) is 2.88. The summed E-state index contributed by atoms with van der Waals surface area (Å²) in [4.78, 5) is 10.8. The molecule has 11 heavy (non-hydrogen) atoms. The average Bonchev–Trinajstić information content (AvgIpc) is 2.50. The quantitative estimate of drug-likeness (QED) is 0.634. The van der Waals surface area contributed by atoms with E-state index in [4.69, 9.17) is 9.68 Å². The number of amides is 1. The van der Waals surface area contributed by atoms with Gasteiger partial charge in [0.15, 0.2) is 5.76 Å². The van der Waals surface area contributed by atoms with E-state index in [-0.39, 0.29) is 17.4 Å². The molecule has 0 saturated carbocycles. The van der Waals surface area contributed by atoms with Crippen molar-refractivity contribution in [3.8, 4) is 6.07 Å². The van der Waals surface area contributed by atoms with Crippen molar-refractivity contribution in [2.24, 2.45) is 0 Å². The first-order chi connectivity index (χ1) is 5.27. The molecule has 1 rings (SSSR count). The lowest BCUT2D eigenvalue weighted by molar-refractivity contribution is 0.0935. The van der Waals surface area contributed by atoms with Gasteiger partial charge in [-0.1, -0.05) is 0 Å². The zero-order valence-electron chi connectivity index (χ0n) is 5.92. The van der Waals surface area contributed by atoms with Crippen LogP contribution in [-0.2, 0) is 0 Å². The Labute approximate surface area is 63.4 Å². The van der Waals surface area contributed by atoms with Crippen LogP contribution in [0.15, 0.2) is 16.5 Å². The second-order valence-corrected chi connectivity index (χ2v) is 1.85. The van der Waals surface area contributed by atoms with Crippen molar-refractivity contribution in [2.45, 2.75) is 0 Å². The summed E-state index contributed by atoms with van der Waals surface area (Å²) in [7, 11) is 1.50. The SMILES string of the molecule is CNC(=O)c1ccc(C#N)o1. The normalized spacial score (nSPS) is 8.73. The summed E-state index contributed by atoms with van der Waals surface area (Å²) in [5.74, 6) is -0.0286. The molecule has 1 aromatic heterocycles. The highest BCUT2D eigenvalue weighted by Gasteiger charge is 2.07. The number of hydrogen-bond acceptors (Lipinski definition) is 3. The van der Waals surface area contributed by atoms with Gasteiger partial charge in [0.25, 0.3) is 5.91 Å². The van der Waals surface area contributed by atoms with Crippen molar-refractivity contribution >= 4 is 5.91 Å². The Bertz CT molecular complexity index is 308. The van der Waals surface area contributed by atoms with Gasteiger partial charge in [-0.3, -0.25) is 4.79 Å². The third kappa shape index (κ3) is 1.38. The lowest BCUT2D eigenvalue weighted by Gasteiger charge is -1.90. The smallest absolute Gasteiger partial charge is 0.286 e. The van der Waals surface area contributed by atoms with Crippen LogP contribution < -0.4 is 5.32 Å². The minimum atomic E-state index is -0.327. The number of furan rings is 1. The molecule has 1 aromatic rings. The Morgan fingerprint density at radius 1 is 1.73 bits per heavy atom. The molecule has 0 fully saturated rings. The molecule has 0 aliphatic rings. The van der Waals surface area contributed by atoms with Gasteiger partial charge in [-0.25, -0.2) is 0 Å². The molecule has 0 aromatic carbocycles. The van der Waals surface area contributed by atoms with E-state index >= 15 is 0 Å². The fourth-order valence-electron chi connectivity index (χ4n) is 0.643. The van der Waals surface area contributed by atoms with Crippen LogP contribution >= 0.6 is 0 Å². The van der Waals surface area contributed by atoms with E-state index in [2.05, 4.69) is 5.32 Å². The minimum absolute atomic E-state index is 0.142. The number of hydrogen-bond donors (Lipinski definition) is 1. The van der Waals surface area contributed by atoms with Crippen LogP contribution in [-0.4, -0.2) is 13.0 Å². The summed E-state index contributed by atoms with van der Waals surface area (Å²) in [6.45, 7) is 0. The molecule has 0 spiro atoms. The third-order valence-corrected chi connectivity index (χ3v) is 1.17. The van der Waals surface area contributed by atoms with Crippen LogP contribution in [0.4, 0.5) is 0 Å². The Morgan fingerprint density at radius 2 is 2.45 bits per heavy atom. The fraction of sp³-hybridized carbons (Fsp3) is 0.143. The molecule has 4 heteroatoms. The highest BCUT2D eigenvalue weighted by molar-refractivity contribution is 5.91. The van der Waals surface area contributed by atoms with Crippen molar-refractivity contribution in [3.05, 3.63) is 23.7 Å². The van der Waals surface area contributed by atoms with Crippen molar-refractivity contribution in [3.63, 3.8) is 0 Å². The topological polar surface area (TPSA) is 66.0 Å². The molecule has 1 amide bonds. The minimum Gasteiger partial charge on any atom is -0.440 e. The maximum atomic E-state index is 10.8. The molecule has 1 N–H and O–H groups in total. The van der Waals surface area contributed by atoms with Crippen LogP contribution in [0.25, 0.3) is 0 Å². The summed E-state index contributed by atoms with van der Waals surface area (Å²) >= 11 is 0. The van der Waals surface area contributed by atoms with Crippen LogP contribution in [0.3, 0.4) is 0 Å². The van der Waals surface area contributed by atoms with E-state index in [0.717, 1.165) is 0 Å². The molecular weight excluding hydrogens is 144 g/mol. The first-order valence-electron chi connectivity index (χ1n) is 3.00. The summed E-state index contributed by atoms with van der Waals surface area (Å²) in [6, 6.07) is 4.68. The van der Waals surface area contributed by atoms with Crippen molar-refractivity contribution in [2.75, 3.05) is 7.05 Å². The molecular formula is C7H6N2O2. The predicted octanol–water partition coefficient (Wildman–Crippen LogP) is 0.511. The van der Waals surface area contributed by atoms with Crippen LogP contribution in [0.2, 0.25) is 0 Å². The summed E-state index contributed by atoms with van der Waals surface area (Å²) < 4.78 is 4.81. The summed E-state index contributed by atoms with van der Waals surface area (Å²) in [5, 5.41) is 10.7. The lowest BCUT2D eigenvalue weighted by atomic mass is 10.4. The zero-order chi connectivity index (χ0) is 8.27. The molecule has 56 valence electrons. The van der Waals surface area contributed by atoms with Crippen LogP contribution in [0.5, 0.6) is 0 Å². The number of rotatable bonds is 1. The highest BCUT2D eigenvalue weighted by atomic mass is 16.3. The molecule has 0 aliphatic carbocycles. The van der Waals surface area contributed by atoms with Crippen LogP contribution in [0.1, 0.15) is 16.3 Å². The Kier molecular flexibility index (Phi) is 1.93. The monoisotopic (exact) mass is 150 g/mol. The standard InChI is InChI=1S/C7H6N2O2/c1-9-7(10)6-3-2-5(4-8)11-6/h2-3H,1H3,(H,9,10). The molecule has 0 saturated heterocycles. The maximum Gasteiger partial charge on any atom is 0.286 e. The zero-order valence-corrected chi connectivity index (χ0v) is 5.92. The van der Waals surface area contributed by atoms with Crippen molar-refractivity contribution in [1.29, 1.82) is 5.26 Å². The van der Waals surface area contributed by atoms with E-state index in [1.807, 2.05) is 0 Å². The second-order valence-electron chi connectivity index (χ2n) is 1.85. The van der Waals surface area contributed by atoms with Gasteiger partial charge in [0.05, 0.1) is 0 Å². The Morgan fingerprint density at radius 3 is 2.91 bits per heavy atom. The molecule has 0 bridgehead atoms. The van der Waals surface area contributed by atoms with Crippen molar-refractivity contribution in [1.82, 2.24) is 5.32 Å². The van der Waals surface area contributed by atoms with E-state index in [1.54, 1.807) is 6.07 Å². The highest BCUT2D eigenvalue weighted by Crippen LogP contribution is 2.05. The number of carbonyl (C=O) groups is 1. The molecule has 0 radical (unpaired) electrons. The van der Waals surface area contributed by atoms with Gasteiger partial charge >= 0.3 is 0 Å². The van der Waals surface area contributed by atoms with E-state index in [0.29, 0.717) is 0 Å². The van der Waals surface area contributed by atoms with E-state index in [1.165, 1.54) is 19.2 Å². The molecule has 0 unspecified atom stereocenters. The van der Waals surface area contributed by atoms with Gasteiger partial charge in [-0.05, 0) is 12.1 Å². The maximum absolute atomic E-state index is 10.8. The van der Waals surface area contributed by atoms with E-state index in [9.17, 15) is 4.79 Å². The summed E-state index contributed by atoms with van der Waals surface area (Å²) in [5.41, 5.74) is 0. The predicted molar refractivity (Wildman–Crippen MR) is 36.8 cm³/mol. The fourth-order valence-corrected chi connectivity index (χ4v) is 0.643. The largest absolute Gasteiger partial charge is 0.440 e. The molecule has 1 heterocycles. The number of nitrogens with zero attached hydrogens (tertiary/aromatic N) is 1. The van der Waals surface area contributed by atoms with Gasteiger partial charge < -0.3 is 9.73 Å². The number of nitriles is 1. The van der Waals surface area contributed by atoms with Gasteiger partial charge in [0, 0.05) is 7.05 Å². The third-order valence-electron chi connectivity index (χ3n) is 1.17. The average molecular weight is 150 g/mol. The number of nitrogens with one attached hydrogen (secondary N) is 1. The summed E-state index contributed by atoms with van der Waals surface area (Å²) in [6.07, 6.45) is 0. The van der Waals surface area contributed by atoms with Crippen molar-refractivity contribution < 1.29 is 9.21 Å². The molecule has 0 atom stereocenters. The van der Waals surface area contributed by atoms with Gasteiger partial charge in [-0.2, -0.15) is 5.26 Å². The van der Waals surface area contributed by atoms with Gasteiger partial charge in [-0.15, -0.1) is 0 Å². The Hall–Kier alpha value is -1.76. The van der Waals surface area contributed by atoms with Gasteiger partial charge in [0.2, 0.25) is 5.76 Å². The molecule has 4 nitrogen and oxygen atoms in total. The first kappa shape index (κ1) is 7.35. The number of carbonyl (C=O) groups excluding carboxylic acids is 1. The Balaban J connectivity index is 2.91. The first-order valence-corrected chi connectivity index (χ1v) is 3.00.